The lowest BCUT2D eigenvalue weighted by atomic mass is 9.88. The molecule has 1 fully saturated rings. The minimum absolute atomic E-state index is 0.166. The predicted molar refractivity (Wildman–Crippen MR) is 72.5 cm³/mol. The average molecular weight is 296 g/mol. The zero-order valence-corrected chi connectivity index (χ0v) is 11.7. The Morgan fingerprint density at radius 1 is 1.40 bits per heavy atom. The van der Waals surface area contributed by atoms with Crippen LogP contribution < -0.4 is 5.32 Å². The van der Waals surface area contributed by atoms with Crippen LogP contribution >= 0.6 is 11.6 Å². The molecule has 0 bridgehead atoms. The van der Waals surface area contributed by atoms with E-state index >= 15 is 0 Å². The minimum Gasteiger partial charge on any atom is -0.465 e. The number of nitrogens with one attached hydrogen (secondary N) is 1. The molecule has 20 heavy (non-hydrogen) atoms. The molecule has 1 N–H and O–H groups in total. The highest BCUT2D eigenvalue weighted by molar-refractivity contribution is 6.36. The molecule has 5 nitrogen and oxygen atoms in total. The van der Waals surface area contributed by atoms with Gasteiger partial charge in [0.1, 0.15) is 4.87 Å². The van der Waals surface area contributed by atoms with Crippen molar-refractivity contribution in [1.29, 1.82) is 0 Å². The van der Waals surface area contributed by atoms with Crippen molar-refractivity contribution in [2.24, 2.45) is 0 Å². The number of carbonyl (C=O) groups is 3. The van der Waals surface area contributed by atoms with Crippen LogP contribution in [0.2, 0.25) is 0 Å². The van der Waals surface area contributed by atoms with E-state index in [0.717, 1.165) is 0 Å². The molecule has 1 atom stereocenters. The first-order chi connectivity index (χ1) is 9.46. The van der Waals surface area contributed by atoms with Crippen molar-refractivity contribution >= 4 is 29.4 Å². The smallest absolute Gasteiger partial charge is 0.338 e. The summed E-state index contributed by atoms with van der Waals surface area (Å²) in [6, 6.07) is 6.81. The van der Waals surface area contributed by atoms with E-state index in [1.54, 1.807) is 24.3 Å². The Bertz CT molecular complexity index is 572. The van der Waals surface area contributed by atoms with Gasteiger partial charge >= 0.3 is 5.97 Å². The van der Waals surface area contributed by atoms with Crippen molar-refractivity contribution in [2.45, 2.75) is 24.1 Å². The van der Waals surface area contributed by atoms with Gasteiger partial charge in [0.25, 0.3) is 0 Å². The number of halogens is 1. The number of piperidine rings is 1. The van der Waals surface area contributed by atoms with Crippen LogP contribution in [0.15, 0.2) is 24.3 Å². The van der Waals surface area contributed by atoms with E-state index in [-0.39, 0.29) is 25.2 Å². The van der Waals surface area contributed by atoms with Crippen molar-refractivity contribution in [3.05, 3.63) is 35.4 Å². The molecule has 1 saturated heterocycles. The summed E-state index contributed by atoms with van der Waals surface area (Å²) < 4.78 is 4.71. The van der Waals surface area contributed by atoms with Crippen LogP contribution in [0.5, 0.6) is 0 Å². The van der Waals surface area contributed by atoms with E-state index in [2.05, 4.69) is 5.32 Å². The summed E-state index contributed by atoms with van der Waals surface area (Å²) in [5.41, 5.74) is 0.999. The fourth-order valence-electron chi connectivity index (χ4n) is 2.18. The second-order valence-electron chi connectivity index (χ2n) is 4.67. The van der Waals surface area contributed by atoms with Crippen LogP contribution in [0.25, 0.3) is 0 Å². The maximum atomic E-state index is 11.9. The van der Waals surface area contributed by atoms with Crippen molar-refractivity contribution in [3.63, 3.8) is 0 Å². The Balaban J connectivity index is 2.28. The van der Waals surface area contributed by atoms with Crippen molar-refractivity contribution < 1.29 is 19.1 Å². The Morgan fingerprint density at radius 3 is 2.75 bits per heavy atom. The molecule has 2 amide bonds. The summed E-state index contributed by atoms with van der Waals surface area (Å²) >= 11 is 6.33. The number of esters is 1. The number of hydrogen-bond donors (Lipinski definition) is 1. The summed E-state index contributed by atoms with van der Waals surface area (Å²) in [5.74, 6) is -1.32. The Hall–Kier alpha value is -1.88. The highest BCUT2D eigenvalue weighted by Gasteiger charge is 2.41. The van der Waals surface area contributed by atoms with Crippen LogP contribution in [0.4, 0.5) is 0 Å². The van der Waals surface area contributed by atoms with Crippen molar-refractivity contribution in [2.75, 3.05) is 7.11 Å². The SMILES string of the molecule is COC(=O)c1ccccc1CC1(Cl)CCC(=O)NC1=O. The van der Waals surface area contributed by atoms with E-state index in [9.17, 15) is 14.4 Å². The molecule has 1 aliphatic rings. The van der Waals surface area contributed by atoms with Crippen molar-refractivity contribution in [1.82, 2.24) is 5.32 Å². The lowest BCUT2D eigenvalue weighted by molar-refractivity contribution is -0.135. The number of ether oxygens (including phenoxy) is 1. The predicted octanol–water partition coefficient (Wildman–Crippen LogP) is 1.43. The van der Waals surface area contributed by atoms with Gasteiger partial charge < -0.3 is 4.74 Å². The second kappa shape index (κ2) is 5.63. The first-order valence-corrected chi connectivity index (χ1v) is 6.53. The number of methoxy groups -OCH3 is 1. The van der Waals surface area contributed by atoms with Gasteiger partial charge in [0.15, 0.2) is 0 Å². The molecule has 1 aliphatic heterocycles. The van der Waals surface area contributed by atoms with Crippen LogP contribution in [0.3, 0.4) is 0 Å². The minimum atomic E-state index is -1.21. The first-order valence-electron chi connectivity index (χ1n) is 6.16. The maximum absolute atomic E-state index is 11.9. The molecule has 0 spiro atoms. The van der Waals surface area contributed by atoms with E-state index in [4.69, 9.17) is 16.3 Å². The molecule has 2 rings (SSSR count). The largest absolute Gasteiger partial charge is 0.465 e. The fraction of sp³-hybridized carbons (Fsp3) is 0.357. The Labute approximate surface area is 121 Å². The Kier molecular flexibility index (Phi) is 4.09. The van der Waals surface area contributed by atoms with Gasteiger partial charge in [-0.3, -0.25) is 14.9 Å². The molecular weight excluding hydrogens is 282 g/mol. The molecule has 0 radical (unpaired) electrons. The average Bonchev–Trinajstić information content (AvgIpc) is 2.43. The normalized spacial score (nSPS) is 22.3. The molecular formula is C14H14ClNO4. The van der Waals surface area contributed by atoms with E-state index < -0.39 is 16.8 Å². The monoisotopic (exact) mass is 295 g/mol. The number of hydrogen-bond acceptors (Lipinski definition) is 4. The lowest BCUT2D eigenvalue weighted by Crippen LogP contribution is -2.51. The number of amides is 2. The van der Waals surface area contributed by atoms with E-state index in [1.807, 2.05) is 0 Å². The molecule has 0 aromatic heterocycles. The maximum Gasteiger partial charge on any atom is 0.338 e. The summed E-state index contributed by atoms with van der Waals surface area (Å²) in [5, 5.41) is 2.23. The second-order valence-corrected chi connectivity index (χ2v) is 5.39. The number of benzene rings is 1. The third-order valence-corrected chi connectivity index (χ3v) is 3.80. The van der Waals surface area contributed by atoms with Gasteiger partial charge in [0.2, 0.25) is 11.8 Å². The van der Waals surface area contributed by atoms with Crippen LogP contribution in [-0.2, 0) is 20.7 Å². The third kappa shape index (κ3) is 2.82. The molecule has 1 aromatic rings. The number of imide groups is 1. The van der Waals surface area contributed by atoms with Gasteiger partial charge in [-0.15, -0.1) is 11.6 Å². The standard InChI is InChI=1S/C14H14ClNO4/c1-20-12(18)10-5-3-2-4-9(10)8-14(15)7-6-11(17)16-13(14)19/h2-5H,6-8H2,1H3,(H,16,17,19). The highest BCUT2D eigenvalue weighted by Crippen LogP contribution is 2.31. The lowest BCUT2D eigenvalue weighted by Gasteiger charge is -2.29. The molecule has 0 saturated carbocycles. The zero-order chi connectivity index (χ0) is 14.8. The van der Waals surface area contributed by atoms with Crippen LogP contribution in [0, 0.1) is 0 Å². The first kappa shape index (κ1) is 14.5. The number of alkyl halides is 1. The fourth-order valence-corrected chi connectivity index (χ4v) is 2.47. The Morgan fingerprint density at radius 2 is 2.10 bits per heavy atom. The molecule has 0 aliphatic carbocycles. The molecule has 106 valence electrons. The topological polar surface area (TPSA) is 72.5 Å². The van der Waals surface area contributed by atoms with Crippen molar-refractivity contribution in [3.8, 4) is 0 Å². The quantitative estimate of drug-likeness (QED) is 0.520. The van der Waals surface area contributed by atoms with Crippen LogP contribution in [-0.4, -0.2) is 29.8 Å². The van der Waals surface area contributed by atoms with Gasteiger partial charge in [-0.25, -0.2) is 4.79 Å². The zero-order valence-electron chi connectivity index (χ0n) is 10.9. The summed E-state index contributed by atoms with van der Waals surface area (Å²) in [6.07, 6.45) is 0.600. The molecule has 1 aromatic carbocycles. The molecule has 6 heteroatoms. The van der Waals surface area contributed by atoms with Gasteiger partial charge in [-0.05, 0) is 18.1 Å². The molecule has 1 heterocycles. The number of rotatable bonds is 3. The van der Waals surface area contributed by atoms with Gasteiger partial charge in [-0.2, -0.15) is 0 Å². The van der Waals surface area contributed by atoms with Crippen LogP contribution in [0.1, 0.15) is 28.8 Å². The summed E-state index contributed by atoms with van der Waals surface area (Å²) in [6.45, 7) is 0. The van der Waals surface area contributed by atoms with E-state index in [1.165, 1.54) is 7.11 Å². The third-order valence-electron chi connectivity index (χ3n) is 3.30. The van der Waals surface area contributed by atoms with E-state index in [0.29, 0.717) is 11.1 Å². The molecule has 1 unspecified atom stereocenters. The highest BCUT2D eigenvalue weighted by atomic mass is 35.5. The number of carbonyl (C=O) groups excluding carboxylic acids is 3. The summed E-state index contributed by atoms with van der Waals surface area (Å²) in [7, 11) is 1.29. The summed E-state index contributed by atoms with van der Waals surface area (Å²) in [4.78, 5) is 33.6. The van der Waals surface area contributed by atoms with Gasteiger partial charge in [0.05, 0.1) is 12.7 Å². The van der Waals surface area contributed by atoms with Gasteiger partial charge in [0, 0.05) is 12.8 Å². The van der Waals surface area contributed by atoms with Gasteiger partial charge in [-0.1, -0.05) is 18.2 Å².